The van der Waals surface area contributed by atoms with Gasteiger partial charge in [-0.05, 0) is 54.8 Å². The van der Waals surface area contributed by atoms with Crippen LogP contribution in [0.1, 0.15) is 36.1 Å². The van der Waals surface area contributed by atoms with E-state index >= 15 is 0 Å². The minimum absolute atomic E-state index is 0.127. The maximum absolute atomic E-state index is 13.2. The fraction of sp³-hybridized carbons (Fsp3) is 0.217. The van der Waals surface area contributed by atoms with E-state index in [0.29, 0.717) is 16.8 Å². The minimum Gasteiger partial charge on any atom is -0.508 e. The summed E-state index contributed by atoms with van der Waals surface area (Å²) in [5, 5.41) is 29.6. The summed E-state index contributed by atoms with van der Waals surface area (Å²) in [6, 6.07) is 17.4. The number of aliphatic hydroxyl groups excluding tert-OH is 1. The first-order valence-electron chi connectivity index (χ1n) is 9.83. The molecule has 1 aliphatic heterocycles. The SMILES string of the molecule is O=S1(=O)[C@H](CC[C@@H](O)c2ccc(F)cc2)[C@@H](c2ccc(O)cc2O)N1c1ccccc1. The molecule has 0 unspecified atom stereocenters. The number of para-hydroxylation sites is 1. The molecule has 0 saturated carbocycles. The summed E-state index contributed by atoms with van der Waals surface area (Å²) in [6.07, 6.45) is -0.668. The average molecular weight is 443 g/mol. The molecule has 162 valence electrons. The van der Waals surface area contributed by atoms with E-state index in [4.69, 9.17) is 0 Å². The maximum Gasteiger partial charge on any atom is 0.241 e. The van der Waals surface area contributed by atoms with E-state index < -0.39 is 33.2 Å². The molecule has 0 radical (unpaired) electrons. The van der Waals surface area contributed by atoms with Crippen LogP contribution in [0.5, 0.6) is 11.5 Å². The lowest BCUT2D eigenvalue weighted by Gasteiger charge is -2.48. The van der Waals surface area contributed by atoms with E-state index in [1.165, 1.54) is 46.8 Å². The van der Waals surface area contributed by atoms with Crippen molar-refractivity contribution in [3.05, 3.63) is 89.7 Å². The van der Waals surface area contributed by atoms with E-state index in [9.17, 15) is 28.1 Å². The third-order valence-corrected chi connectivity index (χ3v) is 7.83. The van der Waals surface area contributed by atoms with Gasteiger partial charge in [0.05, 0.1) is 17.8 Å². The quantitative estimate of drug-likeness (QED) is 0.535. The minimum atomic E-state index is -3.74. The smallest absolute Gasteiger partial charge is 0.241 e. The van der Waals surface area contributed by atoms with Gasteiger partial charge in [0.15, 0.2) is 0 Å². The molecule has 0 aliphatic carbocycles. The van der Waals surface area contributed by atoms with Crippen LogP contribution in [0.25, 0.3) is 0 Å². The van der Waals surface area contributed by atoms with Crippen LogP contribution in [0.4, 0.5) is 10.1 Å². The standard InChI is InChI=1S/C23H22FNO5S/c24-16-8-6-15(7-9-16)20(27)12-13-22-23(19-11-10-18(26)14-21(19)28)25(31(22,29)30)17-4-2-1-3-5-17/h1-11,14,20,22-23,26-28H,12-13H2/t20-,22-,23-/m1/s1. The molecule has 31 heavy (non-hydrogen) atoms. The molecule has 0 spiro atoms. The van der Waals surface area contributed by atoms with Crippen LogP contribution < -0.4 is 4.31 Å². The summed E-state index contributed by atoms with van der Waals surface area (Å²) in [7, 11) is -3.74. The van der Waals surface area contributed by atoms with Gasteiger partial charge in [-0.15, -0.1) is 0 Å². The van der Waals surface area contributed by atoms with Crippen LogP contribution >= 0.6 is 0 Å². The average Bonchev–Trinajstić information content (AvgIpc) is 2.74. The van der Waals surface area contributed by atoms with Crippen molar-refractivity contribution in [3.8, 4) is 11.5 Å². The number of nitrogens with zero attached hydrogens (tertiary/aromatic N) is 1. The molecule has 6 nitrogen and oxygen atoms in total. The summed E-state index contributed by atoms with van der Waals surface area (Å²) < 4.78 is 40.7. The first kappa shape index (κ1) is 21.1. The molecule has 0 aromatic heterocycles. The van der Waals surface area contributed by atoms with Crippen molar-refractivity contribution < 1.29 is 28.1 Å². The van der Waals surface area contributed by atoms with E-state index in [0.717, 1.165) is 0 Å². The number of hydrogen-bond acceptors (Lipinski definition) is 5. The van der Waals surface area contributed by atoms with Gasteiger partial charge in [0.25, 0.3) is 0 Å². The number of phenols is 2. The van der Waals surface area contributed by atoms with E-state index in [-0.39, 0.29) is 24.3 Å². The molecule has 1 heterocycles. The number of rotatable bonds is 6. The Morgan fingerprint density at radius 1 is 0.968 bits per heavy atom. The lowest BCUT2D eigenvalue weighted by Crippen LogP contribution is -2.58. The molecule has 1 saturated heterocycles. The van der Waals surface area contributed by atoms with Crippen molar-refractivity contribution in [3.63, 3.8) is 0 Å². The number of sulfonamides is 1. The third kappa shape index (κ3) is 3.96. The van der Waals surface area contributed by atoms with Crippen molar-refractivity contribution >= 4 is 15.7 Å². The Bertz CT molecular complexity index is 1170. The van der Waals surface area contributed by atoms with Gasteiger partial charge >= 0.3 is 0 Å². The Morgan fingerprint density at radius 2 is 1.65 bits per heavy atom. The lowest BCUT2D eigenvalue weighted by molar-refractivity contribution is 0.162. The van der Waals surface area contributed by atoms with Gasteiger partial charge < -0.3 is 15.3 Å². The first-order chi connectivity index (χ1) is 14.8. The van der Waals surface area contributed by atoms with Gasteiger partial charge in [-0.2, -0.15) is 0 Å². The first-order valence-corrected chi connectivity index (χ1v) is 11.3. The van der Waals surface area contributed by atoms with Gasteiger partial charge in [0, 0.05) is 11.6 Å². The van der Waals surface area contributed by atoms with Crippen LogP contribution in [0.3, 0.4) is 0 Å². The van der Waals surface area contributed by atoms with Crippen LogP contribution in [-0.4, -0.2) is 29.0 Å². The topological polar surface area (TPSA) is 98.1 Å². The fourth-order valence-corrected chi connectivity index (χ4v) is 6.15. The highest BCUT2D eigenvalue weighted by Gasteiger charge is 2.54. The van der Waals surface area contributed by atoms with E-state index in [1.807, 2.05) is 0 Å². The molecule has 1 fully saturated rings. The maximum atomic E-state index is 13.2. The van der Waals surface area contributed by atoms with Crippen LogP contribution in [0.2, 0.25) is 0 Å². The third-order valence-electron chi connectivity index (χ3n) is 5.58. The summed E-state index contributed by atoms with van der Waals surface area (Å²) in [4.78, 5) is 0. The van der Waals surface area contributed by atoms with Crippen molar-refractivity contribution in [2.75, 3.05) is 4.31 Å². The summed E-state index contributed by atoms with van der Waals surface area (Å²) in [6.45, 7) is 0. The summed E-state index contributed by atoms with van der Waals surface area (Å²) in [5.74, 6) is -0.748. The number of aromatic hydroxyl groups is 2. The molecule has 1 aliphatic rings. The Labute approximate surface area is 179 Å². The predicted molar refractivity (Wildman–Crippen MR) is 115 cm³/mol. The van der Waals surface area contributed by atoms with Gasteiger partial charge in [-0.25, -0.2) is 12.8 Å². The summed E-state index contributed by atoms with van der Waals surface area (Å²) >= 11 is 0. The highest BCUT2D eigenvalue weighted by atomic mass is 32.2. The number of halogens is 1. The number of benzene rings is 3. The Hall–Kier alpha value is -3.10. The second-order valence-electron chi connectivity index (χ2n) is 7.55. The number of anilines is 1. The molecule has 0 amide bonds. The van der Waals surface area contributed by atoms with Crippen molar-refractivity contribution in [1.29, 1.82) is 0 Å². The van der Waals surface area contributed by atoms with Crippen LogP contribution in [0, 0.1) is 5.82 Å². The molecule has 3 atom stereocenters. The van der Waals surface area contributed by atoms with Crippen LogP contribution in [0.15, 0.2) is 72.8 Å². The number of hydrogen-bond donors (Lipinski definition) is 3. The molecule has 3 aromatic rings. The normalized spacial score (nSPS) is 20.8. The van der Waals surface area contributed by atoms with Crippen LogP contribution in [-0.2, 0) is 10.0 Å². The van der Waals surface area contributed by atoms with E-state index in [1.54, 1.807) is 30.3 Å². The van der Waals surface area contributed by atoms with Crippen molar-refractivity contribution in [2.24, 2.45) is 0 Å². The Balaban J connectivity index is 1.64. The molecule has 8 heteroatoms. The zero-order valence-electron chi connectivity index (χ0n) is 16.5. The second kappa shape index (κ2) is 8.20. The zero-order valence-corrected chi connectivity index (χ0v) is 17.3. The van der Waals surface area contributed by atoms with Crippen molar-refractivity contribution in [1.82, 2.24) is 0 Å². The lowest BCUT2D eigenvalue weighted by atomic mass is 9.95. The predicted octanol–water partition coefficient (Wildman–Crippen LogP) is 4.01. The largest absolute Gasteiger partial charge is 0.508 e. The van der Waals surface area contributed by atoms with Gasteiger partial charge in [0.1, 0.15) is 22.6 Å². The van der Waals surface area contributed by atoms with Gasteiger partial charge in [0.2, 0.25) is 10.0 Å². The Morgan fingerprint density at radius 3 is 2.29 bits per heavy atom. The number of aliphatic hydroxyl groups is 1. The van der Waals surface area contributed by atoms with Gasteiger partial charge in [-0.3, -0.25) is 4.31 Å². The zero-order chi connectivity index (χ0) is 22.2. The molecule has 4 rings (SSSR count). The fourth-order valence-electron chi connectivity index (χ4n) is 4.03. The van der Waals surface area contributed by atoms with Crippen molar-refractivity contribution in [2.45, 2.75) is 30.2 Å². The monoisotopic (exact) mass is 443 g/mol. The molecule has 3 N–H and O–H groups in total. The van der Waals surface area contributed by atoms with E-state index in [2.05, 4.69) is 0 Å². The molecular weight excluding hydrogens is 421 g/mol. The molecule has 0 bridgehead atoms. The highest BCUT2D eigenvalue weighted by Crippen LogP contribution is 2.50. The van der Waals surface area contributed by atoms with Gasteiger partial charge in [-0.1, -0.05) is 30.3 Å². The highest BCUT2D eigenvalue weighted by molar-refractivity contribution is 7.95. The molecule has 3 aromatic carbocycles. The Kier molecular flexibility index (Phi) is 5.60. The number of phenolic OH excluding ortho intramolecular Hbond substituents is 2. The second-order valence-corrected chi connectivity index (χ2v) is 9.58. The summed E-state index contributed by atoms with van der Waals surface area (Å²) in [5.41, 5.74) is 1.34. The molecular formula is C23H22FNO5S.